The van der Waals surface area contributed by atoms with Gasteiger partial charge in [0.05, 0.1) is 15.4 Å². The Morgan fingerprint density at radius 3 is 2.56 bits per heavy atom. The van der Waals surface area contributed by atoms with Gasteiger partial charge in [0, 0.05) is 53.8 Å². The molecule has 1 amide bonds. The number of carbonyl (C=O) groups excluding carboxylic acids is 1. The standard InChI is InChI=1S/C26H27FN4O4S/c1-12-9-28-10-13(2)20(12)35-21-18(27)23(26(3,4)34)36-22(21)16-11-31(5)25(33)19-15(16)8-17(30-19)24(32)29-14-6-7-14/h8-11,14,30,34H,6-7H2,1-5H3,(H,29,32). The highest BCUT2D eigenvalue weighted by Crippen LogP contribution is 2.49. The summed E-state index contributed by atoms with van der Waals surface area (Å²) in [6, 6.07) is 1.76. The van der Waals surface area contributed by atoms with E-state index in [4.69, 9.17) is 4.74 Å². The number of ether oxygens (including phenoxy) is 1. The SMILES string of the molecule is Cc1cncc(C)c1Oc1c(-c2cn(C)c(=O)c3[nH]c(C(=O)NC4CC4)cc23)sc(C(C)(C)O)c1F. The third kappa shape index (κ3) is 4.20. The summed E-state index contributed by atoms with van der Waals surface area (Å²) in [4.78, 5) is 33.2. The van der Waals surface area contributed by atoms with Crippen LogP contribution in [0.1, 0.15) is 53.2 Å². The van der Waals surface area contributed by atoms with Crippen molar-refractivity contribution in [3.63, 3.8) is 0 Å². The first kappa shape index (κ1) is 24.2. The van der Waals surface area contributed by atoms with Crippen LogP contribution in [0.4, 0.5) is 4.39 Å². The van der Waals surface area contributed by atoms with Crippen LogP contribution >= 0.6 is 11.3 Å². The van der Waals surface area contributed by atoms with Crippen molar-refractivity contribution in [1.82, 2.24) is 19.9 Å². The predicted octanol–water partition coefficient (Wildman–Crippen LogP) is 4.66. The number of hydrogen-bond donors (Lipinski definition) is 3. The van der Waals surface area contributed by atoms with Crippen LogP contribution < -0.4 is 15.6 Å². The smallest absolute Gasteiger partial charge is 0.274 e. The third-order valence-corrected chi connectivity index (χ3v) is 7.68. The quantitative estimate of drug-likeness (QED) is 0.350. The first-order valence-electron chi connectivity index (χ1n) is 11.6. The molecule has 1 aliphatic carbocycles. The van der Waals surface area contributed by atoms with Gasteiger partial charge in [-0.3, -0.25) is 14.6 Å². The topological polar surface area (TPSA) is 109 Å². The van der Waals surface area contributed by atoms with E-state index >= 15 is 4.39 Å². The number of aromatic amines is 1. The molecule has 0 spiro atoms. The Bertz CT molecular complexity index is 1550. The van der Waals surface area contributed by atoms with E-state index in [2.05, 4.69) is 15.3 Å². The number of hydrogen-bond acceptors (Lipinski definition) is 6. The van der Waals surface area contributed by atoms with Gasteiger partial charge in [0.2, 0.25) is 0 Å². The fourth-order valence-electron chi connectivity index (χ4n) is 4.14. The van der Waals surface area contributed by atoms with Crippen molar-refractivity contribution >= 4 is 28.1 Å². The molecular weight excluding hydrogens is 483 g/mol. The van der Waals surface area contributed by atoms with Gasteiger partial charge in [-0.1, -0.05) is 0 Å². The highest BCUT2D eigenvalue weighted by atomic mass is 32.1. The first-order chi connectivity index (χ1) is 17.0. The molecule has 0 atom stereocenters. The molecule has 36 heavy (non-hydrogen) atoms. The van der Waals surface area contributed by atoms with Crippen LogP contribution in [0, 0.1) is 19.7 Å². The summed E-state index contributed by atoms with van der Waals surface area (Å²) in [5.74, 6) is -0.567. The van der Waals surface area contributed by atoms with Gasteiger partial charge < -0.3 is 24.7 Å². The van der Waals surface area contributed by atoms with Crippen molar-refractivity contribution in [3.05, 3.63) is 62.5 Å². The van der Waals surface area contributed by atoms with E-state index in [1.807, 2.05) is 13.8 Å². The number of nitrogens with zero attached hydrogens (tertiary/aromatic N) is 2. The molecule has 188 valence electrons. The number of aromatic nitrogens is 3. The molecule has 0 bridgehead atoms. The Balaban J connectivity index is 1.74. The van der Waals surface area contributed by atoms with E-state index in [-0.39, 0.29) is 39.3 Å². The van der Waals surface area contributed by atoms with Gasteiger partial charge in [0.1, 0.15) is 17.0 Å². The molecule has 10 heteroatoms. The van der Waals surface area contributed by atoms with Crippen LogP contribution in [-0.2, 0) is 12.6 Å². The minimum atomic E-state index is -1.47. The van der Waals surface area contributed by atoms with E-state index in [0.717, 1.165) is 35.3 Å². The lowest BCUT2D eigenvalue weighted by Crippen LogP contribution is -2.25. The summed E-state index contributed by atoms with van der Waals surface area (Å²) in [5, 5.41) is 14.1. The van der Waals surface area contributed by atoms with E-state index in [1.165, 1.54) is 18.4 Å². The second-order valence-electron chi connectivity index (χ2n) is 9.85. The van der Waals surface area contributed by atoms with E-state index < -0.39 is 11.4 Å². The lowest BCUT2D eigenvalue weighted by atomic mass is 10.1. The van der Waals surface area contributed by atoms with Gasteiger partial charge in [-0.2, -0.15) is 0 Å². The number of thiophene rings is 1. The molecule has 4 heterocycles. The van der Waals surface area contributed by atoms with Crippen LogP contribution in [0.3, 0.4) is 0 Å². The fourth-order valence-corrected chi connectivity index (χ4v) is 5.27. The third-order valence-electron chi connectivity index (χ3n) is 6.19. The minimum Gasteiger partial charge on any atom is -0.452 e. The average Bonchev–Trinajstić information content (AvgIpc) is 3.38. The van der Waals surface area contributed by atoms with Gasteiger partial charge >= 0.3 is 0 Å². The highest BCUT2D eigenvalue weighted by Gasteiger charge is 2.32. The molecule has 8 nitrogen and oxygen atoms in total. The second-order valence-corrected chi connectivity index (χ2v) is 10.9. The van der Waals surface area contributed by atoms with Crippen molar-refractivity contribution in [3.8, 4) is 21.9 Å². The summed E-state index contributed by atoms with van der Waals surface area (Å²) in [6.07, 6.45) is 6.72. The maximum atomic E-state index is 15.9. The Labute approximate surface area is 210 Å². The Kier molecular flexibility index (Phi) is 5.76. The molecular formula is C26H27FN4O4S. The summed E-state index contributed by atoms with van der Waals surface area (Å²) >= 11 is 1.05. The maximum Gasteiger partial charge on any atom is 0.274 e. The van der Waals surface area contributed by atoms with Gasteiger partial charge in [0.25, 0.3) is 11.5 Å². The fraction of sp³-hybridized carbons (Fsp3) is 0.346. The first-order valence-corrected chi connectivity index (χ1v) is 12.4. The Hall–Kier alpha value is -3.50. The van der Waals surface area contributed by atoms with Crippen molar-refractivity contribution in [1.29, 1.82) is 0 Å². The number of rotatable bonds is 6. The molecule has 0 unspecified atom stereocenters. The van der Waals surface area contributed by atoms with Crippen molar-refractivity contribution < 1.29 is 19.0 Å². The number of amides is 1. The molecule has 0 saturated heterocycles. The molecule has 1 fully saturated rings. The molecule has 5 rings (SSSR count). The zero-order valence-electron chi connectivity index (χ0n) is 20.7. The number of H-pyrrole nitrogens is 1. The summed E-state index contributed by atoms with van der Waals surface area (Å²) in [5.41, 5.74) is 0.655. The molecule has 1 saturated carbocycles. The van der Waals surface area contributed by atoms with Crippen LogP contribution in [-0.4, -0.2) is 31.6 Å². The van der Waals surface area contributed by atoms with E-state index in [1.54, 1.807) is 31.7 Å². The lowest BCUT2D eigenvalue weighted by molar-refractivity contribution is 0.0785. The largest absolute Gasteiger partial charge is 0.452 e. The molecule has 0 aromatic carbocycles. The summed E-state index contributed by atoms with van der Waals surface area (Å²) in [7, 11) is 1.59. The molecule has 4 aromatic heterocycles. The average molecular weight is 511 g/mol. The number of pyridine rings is 2. The van der Waals surface area contributed by atoms with Crippen molar-refractivity contribution in [2.75, 3.05) is 0 Å². The second kappa shape index (κ2) is 8.56. The van der Waals surface area contributed by atoms with Gasteiger partial charge in [-0.05, 0) is 46.6 Å². The minimum absolute atomic E-state index is 0.0559. The Morgan fingerprint density at radius 2 is 1.94 bits per heavy atom. The maximum absolute atomic E-state index is 15.9. The number of fused-ring (bicyclic) bond motifs is 1. The number of aliphatic hydroxyl groups is 1. The van der Waals surface area contributed by atoms with Crippen molar-refractivity contribution in [2.24, 2.45) is 7.05 Å². The summed E-state index contributed by atoms with van der Waals surface area (Å²) in [6.45, 7) is 6.64. The van der Waals surface area contributed by atoms with Crippen LogP contribution in [0.15, 0.2) is 29.5 Å². The van der Waals surface area contributed by atoms with Crippen LogP contribution in [0.2, 0.25) is 0 Å². The number of carbonyl (C=O) groups is 1. The van der Waals surface area contributed by atoms with E-state index in [0.29, 0.717) is 21.6 Å². The van der Waals surface area contributed by atoms with Crippen LogP contribution in [0.5, 0.6) is 11.5 Å². The van der Waals surface area contributed by atoms with Gasteiger partial charge in [-0.15, -0.1) is 11.3 Å². The highest BCUT2D eigenvalue weighted by molar-refractivity contribution is 7.16. The molecule has 1 aliphatic rings. The van der Waals surface area contributed by atoms with Crippen molar-refractivity contribution in [2.45, 2.75) is 52.2 Å². The summed E-state index contributed by atoms with van der Waals surface area (Å²) < 4.78 is 23.4. The zero-order valence-corrected chi connectivity index (χ0v) is 21.5. The normalized spacial score (nSPS) is 13.9. The number of aryl methyl sites for hydroxylation is 3. The molecule has 3 N–H and O–H groups in total. The number of nitrogens with one attached hydrogen (secondary N) is 2. The lowest BCUT2D eigenvalue weighted by Gasteiger charge is -2.15. The number of halogens is 1. The molecule has 0 aliphatic heterocycles. The van der Waals surface area contributed by atoms with Gasteiger partial charge in [-0.25, -0.2) is 4.39 Å². The monoisotopic (exact) mass is 510 g/mol. The van der Waals surface area contributed by atoms with E-state index in [9.17, 15) is 14.7 Å². The van der Waals surface area contributed by atoms with Gasteiger partial charge in [0.15, 0.2) is 11.6 Å². The molecule has 4 aromatic rings. The van der Waals surface area contributed by atoms with Crippen LogP contribution in [0.25, 0.3) is 21.3 Å². The molecule has 0 radical (unpaired) electrons. The predicted molar refractivity (Wildman–Crippen MR) is 136 cm³/mol. The Morgan fingerprint density at radius 1 is 1.28 bits per heavy atom. The zero-order chi connectivity index (χ0) is 25.9.